The summed E-state index contributed by atoms with van der Waals surface area (Å²) >= 11 is 0. The van der Waals surface area contributed by atoms with Crippen LogP contribution in [0.15, 0.2) is 77.7 Å². The van der Waals surface area contributed by atoms with Gasteiger partial charge in [-0.1, -0.05) is 36.4 Å². The molecule has 0 bridgehead atoms. The van der Waals surface area contributed by atoms with Crippen molar-refractivity contribution in [1.29, 1.82) is 0 Å². The summed E-state index contributed by atoms with van der Waals surface area (Å²) in [7, 11) is -1.55. The standard InChI is InChI=1S/C27H30N4O7S/c1-19-10-15-24(16-25(19)31(34)35)39(36,37)30(22-11-13-23(38-4)14-12-22)18-26(32)29(20(2)27(33)28-3)17-21-8-6-5-7-9-21/h5-16,20H,17-18H2,1-4H3,(H,28,33). The highest BCUT2D eigenvalue weighted by atomic mass is 32.2. The first-order valence-corrected chi connectivity index (χ1v) is 13.4. The van der Waals surface area contributed by atoms with Crippen molar-refractivity contribution < 1.29 is 27.7 Å². The van der Waals surface area contributed by atoms with Gasteiger partial charge in [0.05, 0.1) is 22.6 Å². The van der Waals surface area contributed by atoms with Crippen LogP contribution in [0.4, 0.5) is 11.4 Å². The molecule has 0 saturated heterocycles. The number of nitro benzene ring substituents is 1. The first-order valence-electron chi connectivity index (χ1n) is 12.0. The van der Waals surface area contributed by atoms with E-state index in [2.05, 4.69) is 5.32 Å². The lowest BCUT2D eigenvalue weighted by molar-refractivity contribution is -0.385. The molecule has 0 fully saturated rings. The van der Waals surface area contributed by atoms with Crippen LogP contribution < -0.4 is 14.4 Å². The van der Waals surface area contributed by atoms with Crippen molar-refractivity contribution in [3.63, 3.8) is 0 Å². The number of methoxy groups -OCH3 is 1. The number of rotatable bonds is 11. The second-order valence-electron chi connectivity index (χ2n) is 8.71. The molecular weight excluding hydrogens is 524 g/mol. The Kier molecular flexibility index (Phi) is 9.25. The zero-order valence-corrected chi connectivity index (χ0v) is 22.8. The SMILES string of the molecule is CNC(=O)C(C)N(Cc1ccccc1)C(=O)CN(c1ccc(OC)cc1)S(=O)(=O)c1ccc(C)c([N+](=O)[O-])c1. The summed E-state index contributed by atoms with van der Waals surface area (Å²) in [4.78, 5) is 38.0. The second kappa shape index (κ2) is 12.4. The number of carbonyl (C=O) groups excluding carboxylic acids is 2. The topological polar surface area (TPSA) is 139 Å². The molecule has 0 aliphatic heterocycles. The van der Waals surface area contributed by atoms with Gasteiger partial charge in [0.2, 0.25) is 11.8 Å². The highest BCUT2D eigenvalue weighted by Crippen LogP contribution is 2.29. The molecule has 1 atom stereocenters. The summed E-state index contributed by atoms with van der Waals surface area (Å²) in [6.45, 7) is 2.45. The van der Waals surface area contributed by atoms with E-state index in [0.717, 1.165) is 15.9 Å². The molecule has 3 aromatic rings. The second-order valence-corrected chi connectivity index (χ2v) is 10.6. The Morgan fingerprint density at radius 3 is 2.26 bits per heavy atom. The van der Waals surface area contributed by atoms with Gasteiger partial charge in [-0.25, -0.2) is 8.42 Å². The van der Waals surface area contributed by atoms with Crippen molar-refractivity contribution in [1.82, 2.24) is 10.2 Å². The lowest BCUT2D eigenvalue weighted by Gasteiger charge is -2.31. The average molecular weight is 555 g/mol. The van der Waals surface area contributed by atoms with Crippen LogP contribution in [0.5, 0.6) is 5.75 Å². The Bertz CT molecular complexity index is 1440. The minimum Gasteiger partial charge on any atom is -0.497 e. The first-order chi connectivity index (χ1) is 18.5. The van der Waals surface area contributed by atoms with Crippen molar-refractivity contribution in [3.8, 4) is 5.75 Å². The molecule has 3 rings (SSSR count). The van der Waals surface area contributed by atoms with E-state index >= 15 is 0 Å². The van der Waals surface area contributed by atoms with Crippen LogP contribution in [-0.4, -0.2) is 56.8 Å². The minimum atomic E-state index is -4.46. The molecule has 1 N–H and O–H groups in total. The molecule has 3 aromatic carbocycles. The molecule has 0 aliphatic carbocycles. The van der Waals surface area contributed by atoms with Crippen LogP contribution >= 0.6 is 0 Å². The fourth-order valence-electron chi connectivity index (χ4n) is 3.92. The van der Waals surface area contributed by atoms with Gasteiger partial charge < -0.3 is 15.0 Å². The fourth-order valence-corrected chi connectivity index (χ4v) is 5.36. The highest BCUT2D eigenvalue weighted by molar-refractivity contribution is 7.92. The van der Waals surface area contributed by atoms with Gasteiger partial charge in [0, 0.05) is 25.2 Å². The van der Waals surface area contributed by atoms with Gasteiger partial charge in [-0.2, -0.15) is 0 Å². The maximum atomic E-state index is 13.9. The Balaban J connectivity index is 2.09. The predicted molar refractivity (Wildman–Crippen MR) is 146 cm³/mol. The van der Waals surface area contributed by atoms with E-state index in [4.69, 9.17) is 4.74 Å². The molecule has 1 unspecified atom stereocenters. The predicted octanol–water partition coefficient (Wildman–Crippen LogP) is 3.27. The average Bonchev–Trinajstić information content (AvgIpc) is 2.94. The number of carbonyl (C=O) groups is 2. The molecule has 206 valence electrons. The lowest BCUT2D eigenvalue weighted by atomic mass is 10.1. The molecule has 0 saturated carbocycles. The summed E-state index contributed by atoms with van der Waals surface area (Å²) in [6, 6.07) is 17.7. The lowest BCUT2D eigenvalue weighted by Crippen LogP contribution is -2.50. The Hall–Kier alpha value is -4.45. The number of anilines is 1. The number of benzene rings is 3. The van der Waals surface area contributed by atoms with Gasteiger partial charge in [-0.3, -0.25) is 24.0 Å². The van der Waals surface area contributed by atoms with Crippen LogP contribution in [-0.2, 0) is 26.2 Å². The smallest absolute Gasteiger partial charge is 0.273 e. The van der Waals surface area contributed by atoms with Crippen molar-refractivity contribution in [2.24, 2.45) is 0 Å². The van der Waals surface area contributed by atoms with Crippen LogP contribution in [0, 0.1) is 17.0 Å². The van der Waals surface area contributed by atoms with E-state index in [9.17, 15) is 28.1 Å². The number of sulfonamides is 1. The van der Waals surface area contributed by atoms with Gasteiger partial charge in [0.15, 0.2) is 0 Å². The van der Waals surface area contributed by atoms with Crippen molar-refractivity contribution in [2.45, 2.75) is 31.3 Å². The molecule has 2 amide bonds. The maximum absolute atomic E-state index is 13.9. The number of ether oxygens (including phenoxy) is 1. The third-order valence-electron chi connectivity index (χ3n) is 6.21. The molecule has 12 heteroatoms. The quantitative estimate of drug-likeness (QED) is 0.283. The number of likely N-dealkylation sites (N-methyl/N-ethyl adjacent to an activating group) is 1. The van der Waals surface area contributed by atoms with E-state index in [1.54, 1.807) is 31.2 Å². The number of hydrogen-bond acceptors (Lipinski definition) is 7. The van der Waals surface area contributed by atoms with Gasteiger partial charge in [0.1, 0.15) is 18.3 Å². The van der Waals surface area contributed by atoms with E-state index in [1.807, 2.05) is 6.07 Å². The van der Waals surface area contributed by atoms with Crippen LogP contribution in [0.2, 0.25) is 0 Å². The highest BCUT2D eigenvalue weighted by Gasteiger charge is 2.33. The summed E-state index contributed by atoms with van der Waals surface area (Å²) in [5.74, 6) is -0.601. The van der Waals surface area contributed by atoms with Crippen molar-refractivity contribution in [3.05, 3.63) is 94.0 Å². The molecule has 39 heavy (non-hydrogen) atoms. The first kappa shape index (κ1) is 29.1. The molecule has 0 radical (unpaired) electrons. The number of amides is 2. The van der Waals surface area contributed by atoms with Crippen LogP contribution in [0.3, 0.4) is 0 Å². The maximum Gasteiger partial charge on any atom is 0.273 e. The van der Waals surface area contributed by atoms with E-state index in [-0.39, 0.29) is 22.8 Å². The Labute approximate surface area is 227 Å². The van der Waals surface area contributed by atoms with Crippen LogP contribution in [0.1, 0.15) is 18.1 Å². The normalized spacial score (nSPS) is 11.8. The molecule has 0 aliphatic rings. The van der Waals surface area contributed by atoms with Crippen LogP contribution in [0.25, 0.3) is 0 Å². The molecule has 0 heterocycles. The number of nitrogens with one attached hydrogen (secondary N) is 1. The van der Waals surface area contributed by atoms with Gasteiger partial charge in [0.25, 0.3) is 15.7 Å². The van der Waals surface area contributed by atoms with E-state index in [1.165, 1.54) is 62.4 Å². The van der Waals surface area contributed by atoms with E-state index in [0.29, 0.717) is 11.3 Å². The molecule has 0 aromatic heterocycles. The van der Waals surface area contributed by atoms with Crippen molar-refractivity contribution in [2.75, 3.05) is 25.0 Å². The van der Waals surface area contributed by atoms with Gasteiger partial charge in [-0.05, 0) is 49.7 Å². The van der Waals surface area contributed by atoms with Gasteiger partial charge >= 0.3 is 0 Å². The summed E-state index contributed by atoms with van der Waals surface area (Å²) in [5.41, 5.74) is 0.810. The number of aryl methyl sites for hydroxylation is 1. The molecular formula is C27H30N4O7S. The summed E-state index contributed by atoms with van der Waals surface area (Å²) in [6.07, 6.45) is 0. The minimum absolute atomic E-state index is 0.0563. The van der Waals surface area contributed by atoms with Gasteiger partial charge in [-0.15, -0.1) is 0 Å². The molecule has 11 nitrogen and oxygen atoms in total. The molecule has 0 spiro atoms. The monoisotopic (exact) mass is 554 g/mol. The summed E-state index contributed by atoms with van der Waals surface area (Å²) in [5, 5.41) is 14.0. The van der Waals surface area contributed by atoms with E-state index < -0.39 is 39.3 Å². The fraction of sp³-hybridized carbons (Fsp3) is 0.259. The third-order valence-corrected chi connectivity index (χ3v) is 7.98. The third kappa shape index (κ3) is 6.71. The Morgan fingerprint density at radius 2 is 1.69 bits per heavy atom. The Morgan fingerprint density at radius 1 is 1.05 bits per heavy atom. The number of nitro groups is 1. The zero-order chi connectivity index (χ0) is 28.7. The summed E-state index contributed by atoms with van der Waals surface area (Å²) < 4.78 is 33.8. The largest absolute Gasteiger partial charge is 0.497 e. The van der Waals surface area contributed by atoms with Crippen molar-refractivity contribution >= 4 is 33.2 Å². The number of hydrogen-bond donors (Lipinski definition) is 1. The zero-order valence-electron chi connectivity index (χ0n) is 22.0. The number of nitrogens with zero attached hydrogens (tertiary/aromatic N) is 3.